The van der Waals surface area contributed by atoms with Crippen molar-refractivity contribution in [3.05, 3.63) is 54.9 Å². The minimum Gasteiger partial charge on any atom is -0.492 e. The van der Waals surface area contributed by atoms with E-state index in [9.17, 15) is 0 Å². The topological polar surface area (TPSA) is 90.0 Å². The molecule has 2 heterocycles. The highest BCUT2D eigenvalue weighted by atomic mass is 16.5. The Morgan fingerprint density at radius 3 is 2.64 bits per heavy atom. The van der Waals surface area contributed by atoms with Crippen molar-refractivity contribution in [3.8, 4) is 17.0 Å². The minimum atomic E-state index is 0.473. The monoisotopic (exact) mass is 374 g/mol. The van der Waals surface area contributed by atoms with Gasteiger partial charge in [-0.3, -0.25) is 0 Å². The lowest BCUT2D eigenvalue weighted by molar-refractivity contribution is 0.419. The van der Waals surface area contributed by atoms with Crippen LogP contribution in [0.1, 0.15) is 0 Å². The molecule has 0 fully saturated rings. The molecule has 7 heteroatoms. The normalized spacial score (nSPS) is 10.8. The molecule has 4 aromatic rings. The SMILES string of the molecule is CNc1ccc(Nc2nccc(-c3cn(C)c4ccccc34)n2)c(OC)c1N. The van der Waals surface area contributed by atoms with Crippen molar-refractivity contribution in [2.75, 3.05) is 30.5 Å². The third kappa shape index (κ3) is 2.96. The highest BCUT2D eigenvalue weighted by Gasteiger charge is 2.14. The third-order valence-electron chi connectivity index (χ3n) is 4.74. The molecular weight excluding hydrogens is 352 g/mol. The Hall–Kier alpha value is -3.74. The Labute approximate surface area is 163 Å². The van der Waals surface area contributed by atoms with Crippen molar-refractivity contribution >= 4 is 33.9 Å². The van der Waals surface area contributed by atoms with Crippen LogP contribution in [0.2, 0.25) is 0 Å². The maximum Gasteiger partial charge on any atom is 0.227 e. The molecule has 28 heavy (non-hydrogen) atoms. The summed E-state index contributed by atoms with van der Waals surface area (Å²) >= 11 is 0. The number of nitrogens with zero attached hydrogens (tertiary/aromatic N) is 3. The van der Waals surface area contributed by atoms with E-state index in [2.05, 4.69) is 38.5 Å². The van der Waals surface area contributed by atoms with Crippen LogP contribution in [-0.4, -0.2) is 28.7 Å². The van der Waals surface area contributed by atoms with Gasteiger partial charge in [0.15, 0.2) is 5.75 Å². The number of methoxy groups -OCH3 is 1. The van der Waals surface area contributed by atoms with Crippen molar-refractivity contribution in [1.82, 2.24) is 14.5 Å². The molecule has 7 nitrogen and oxygen atoms in total. The van der Waals surface area contributed by atoms with Gasteiger partial charge in [0.25, 0.3) is 0 Å². The highest BCUT2D eigenvalue weighted by molar-refractivity contribution is 5.95. The summed E-state index contributed by atoms with van der Waals surface area (Å²) in [5.41, 5.74) is 11.3. The van der Waals surface area contributed by atoms with Gasteiger partial charge in [0.05, 0.1) is 29.9 Å². The van der Waals surface area contributed by atoms with Gasteiger partial charge in [-0.05, 0) is 24.3 Å². The molecule has 0 aliphatic heterocycles. The number of fused-ring (bicyclic) bond motifs is 1. The molecule has 0 unspecified atom stereocenters. The summed E-state index contributed by atoms with van der Waals surface area (Å²) in [5, 5.41) is 7.41. The van der Waals surface area contributed by atoms with E-state index >= 15 is 0 Å². The lowest BCUT2D eigenvalue weighted by Crippen LogP contribution is -2.04. The Balaban J connectivity index is 1.73. The Kier molecular flexibility index (Phi) is 4.49. The molecule has 2 aromatic heterocycles. The lowest BCUT2D eigenvalue weighted by atomic mass is 10.1. The van der Waals surface area contributed by atoms with E-state index in [-0.39, 0.29) is 0 Å². The number of benzene rings is 2. The molecule has 4 N–H and O–H groups in total. The first-order valence-corrected chi connectivity index (χ1v) is 8.91. The van der Waals surface area contributed by atoms with Gasteiger partial charge in [0.2, 0.25) is 5.95 Å². The van der Waals surface area contributed by atoms with Crippen LogP contribution in [0.25, 0.3) is 22.2 Å². The number of nitrogens with one attached hydrogen (secondary N) is 2. The summed E-state index contributed by atoms with van der Waals surface area (Å²) in [4.78, 5) is 9.06. The van der Waals surface area contributed by atoms with Crippen LogP contribution in [0.5, 0.6) is 5.75 Å². The second kappa shape index (κ2) is 7.11. The zero-order valence-corrected chi connectivity index (χ0v) is 16.0. The molecule has 142 valence electrons. The van der Waals surface area contributed by atoms with Gasteiger partial charge >= 0.3 is 0 Å². The Morgan fingerprint density at radius 1 is 1.07 bits per heavy atom. The zero-order valence-electron chi connectivity index (χ0n) is 16.0. The second-order valence-electron chi connectivity index (χ2n) is 6.42. The predicted octanol–water partition coefficient (Wildman–Crippen LogP) is 4.01. The third-order valence-corrected chi connectivity index (χ3v) is 4.74. The molecule has 0 aliphatic rings. The van der Waals surface area contributed by atoms with Crippen LogP contribution >= 0.6 is 0 Å². The summed E-state index contributed by atoms with van der Waals surface area (Å²) in [5.74, 6) is 1.02. The molecule has 0 amide bonds. The molecule has 0 radical (unpaired) electrons. The Bertz CT molecular complexity index is 1150. The minimum absolute atomic E-state index is 0.473. The fourth-order valence-electron chi connectivity index (χ4n) is 3.37. The Morgan fingerprint density at radius 2 is 1.86 bits per heavy atom. The van der Waals surface area contributed by atoms with Crippen molar-refractivity contribution in [1.29, 1.82) is 0 Å². The number of nitrogen functional groups attached to an aromatic ring is 1. The van der Waals surface area contributed by atoms with Crippen LogP contribution in [0, 0.1) is 0 Å². The van der Waals surface area contributed by atoms with E-state index in [4.69, 9.17) is 15.5 Å². The molecule has 0 bridgehead atoms. The molecule has 0 saturated carbocycles. The van der Waals surface area contributed by atoms with Crippen molar-refractivity contribution < 1.29 is 4.74 Å². The largest absolute Gasteiger partial charge is 0.492 e. The number of rotatable bonds is 5. The summed E-state index contributed by atoms with van der Waals surface area (Å²) in [7, 11) is 5.43. The average Bonchev–Trinajstić information content (AvgIpc) is 3.06. The van der Waals surface area contributed by atoms with Gasteiger partial charge in [-0.2, -0.15) is 0 Å². The van der Waals surface area contributed by atoms with Crippen LogP contribution < -0.4 is 21.1 Å². The second-order valence-corrected chi connectivity index (χ2v) is 6.42. The van der Waals surface area contributed by atoms with Gasteiger partial charge in [-0.1, -0.05) is 18.2 Å². The maximum atomic E-state index is 6.17. The average molecular weight is 374 g/mol. The van der Waals surface area contributed by atoms with Crippen LogP contribution in [0.15, 0.2) is 54.9 Å². The van der Waals surface area contributed by atoms with Crippen molar-refractivity contribution in [2.24, 2.45) is 7.05 Å². The molecule has 2 aromatic carbocycles. The zero-order chi connectivity index (χ0) is 19.7. The van der Waals surface area contributed by atoms with E-state index in [1.165, 1.54) is 0 Å². The van der Waals surface area contributed by atoms with Crippen LogP contribution in [0.4, 0.5) is 23.0 Å². The summed E-state index contributed by atoms with van der Waals surface area (Å²) < 4.78 is 7.58. The standard InChI is InChI=1S/C21H22N6O/c1-23-16-8-9-17(20(28-3)19(16)22)26-21-24-11-10-15(25-21)14-12-27(2)18-7-5-4-6-13(14)18/h4-12,23H,22H2,1-3H3,(H,24,25,26). The fourth-order valence-corrected chi connectivity index (χ4v) is 3.37. The van der Waals surface area contributed by atoms with Crippen LogP contribution in [-0.2, 0) is 7.05 Å². The number of aryl methyl sites for hydroxylation is 1. The van der Waals surface area contributed by atoms with Gasteiger partial charge < -0.3 is 25.7 Å². The van der Waals surface area contributed by atoms with Crippen LogP contribution in [0.3, 0.4) is 0 Å². The summed E-state index contributed by atoms with van der Waals surface area (Å²) in [6.07, 6.45) is 3.82. The number of ether oxygens (including phenoxy) is 1. The van der Waals surface area contributed by atoms with Crippen molar-refractivity contribution in [2.45, 2.75) is 0 Å². The van der Waals surface area contributed by atoms with Gasteiger partial charge in [0, 0.05) is 43.0 Å². The molecule has 0 aliphatic carbocycles. The van der Waals surface area contributed by atoms with E-state index in [0.717, 1.165) is 27.8 Å². The summed E-state index contributed by atoms with van der Waals surface area (Å²) in [6, 6.07) is 13.9. The summed E-state index contributed by atoms with van der Waals surface area (Å²) in [6.45, 7) is 0. The smallest absolute Gasteiger partial charge is 0.227 e. The number of para-hydroxylation sites is 1. The number of anilines is 4. The first-order chi connectivity index (χ1) is 13.6. The fraction of sp³-hybridized carbons (Fsp3) is 0.143. The first-order valence-electron chi connectivity index (χ1n) is 8.91. The van der Waals surface area contributed by atoms with Gasteiger partial charge in [-0.15, -0.1) is 0 Å². The van der Waals surface area contributed by atoms with Gasteiger partial charge in [-0.25, -0.2) is 9.97 Å². The number of nitrogens with two attached hydrogens (primary N) is 1. The maximum absolute atomic E-state index is 6.17. The van der Waals surface area contributed by atoms with E-state index in [1.54, 1.807) is 13.3 Å². The predicted molar refractivity (Wildman–Crippen MR) is 114 cm³/mol. The molecular formula is C21H22N6O. The number of hydrogen-bond acceptors (Lipinski definition) is 6. The van der Waals surface area contributed by atoms with E-state index in [1.807, 2.05) is 44.4 Å². The molecule has 0 spiro atoms. The number of aromatic nitrogens is 3. The van der Waals surface area contributed by atoms with Crippen molar-refractivity contribution in [3.63, 3.8) is 0 Å². The quantitative estimate of drug-likeness (QED) is 0.457. The van der Waals surface area contributed by atoms with E-state index < -0.39 is 0 Å². The number of hydrogen-bond donors (Lipinski definition) is 3. The lowest BCUT2D eigenvalue weighted by Gasteiger charge is -2.15. The highest BCUT2D eigenvalue weighted by Crippen LogP contribution is 2.38. The van der Waals surface area contributed by atoms with E-state index in [0.29, 0.717) is 23.1 Å². The molecule has 0 atom stereocenters. The molecule has 4 rings (SSSR count). The molecule has 0 saturated heterocycles. The first kappa shape index (κ1) is 17.7. The van der Waals surface area contributed by atoms with Gasteiger partial charge in [0.1, 0.15) is 0 Å².